The quantitative estimate of drug-likeness (QED) is 0.686. The van der Waals surface area contributed by atoms with E-state index in [1.165, 1.54) is 0 Å². The molecular formula is C15H22Cl2O. The van der Waals surface area contributed by atoms with Gasteiger partial charge in [-0.1, -0.05) is 70.0 Å². The van der Waals surface area contributed by atoms with E-state index in [0.29, 0.717) is 28.7 Å². The maximum Gasteiger partial charge on any atom is 0.132 e. The standard InChI is InChI=1S/C10H12Cl2.C5H10O/c1-10(2,3)7-5-4-6-8(11)9(7)12;1-3-5(6)4-2/h4-6H,1-3H3;3-4H2,1-2H3. The van der Waals surface area contributed by atoms with Gasteiger partial charge in [-0.25, -0.2) is 0 Å². The molecule has 0 spiro atoms. The van der Waals surface area contributed by atoms with Crippen molar-refractivity contribution in [1.82, 2.24) is 0 Å². The summed E-state index contributed by atoms with van der Waals surface area (Å²) in [6.07, 6.45) is 1.38. The van der Waals surface area contributed by atoms with Crippen molar-refractivity contribution in [3.63, 3.8) is 0 Å². The SMILES string of the molecule is CC(C)(C)c1cccc(Cl)c1Cl.CCC(=O)CC. The topological polar surface area (TPSA) is 17.1 Å². The molecule has 102 valence electrons. The zero-order chi connectivity index (χ0) is 14.3. The molecule has 0 unspecified atom stereocenters. The lowest BCUT2D eigenvalue weighted by Crippen LogP contribution is -2.11. The summed E-state index contributed by atoms with van der Waals surface area (Å²) >= 11 is 11.9. The molecule has 1 nitrogen and oxygen atoms in total. The molecule has 0 heterocycles. The van der Waals surface area contributed by atoms with E-state index in [4.69, 9.17) is 23.2 Å². The van der Waals surface area contributed by atoms with Gasteiger partial charge in [0.15, 0.2) is 0 Å². The highest BCUT2D eigenvalue weighted by molar-refractivity contribution is 6.42. The van der Waals surface area contributed by atoms with Gasteiger partial charge in [0.1, 0.15) is 5.78 Å². The van der Waals surface area contributed by atoms with Crippen LogP contribution in [0, 0.1) is 0 Å². The normalized spacial score (nSPS) is 10.6. The maximum atomic E-state index is 10.2. The Kier molecular flexibility index (Phi) is 7.58. The van der Waals surface area contributed by atoms with E-state index in [9.17, 15) is 4.79 Å². The van der Waals surface area contributed by atoms with Gasteiger partial charge in [-0.15, -0.1) is 0 Å². The highest BCUT2D eigenvalue weighted by atomic mass is 35.5. The lowest BCUT2D eigenvalue weighted by atomic mass is 9.87. The van der Waals surface area contributed by atoms with Gasteiger partial charge in [-0.2, -0.15) is 0 Å². The molecule has 0 N–H and O–H groups in total. The summed E-state index contributed by atoms with van der Waals surface area (Å²) in [6, 6.07) is 5.74. The lowest BCUT2D eigenvalue weighted by molar-refractivity contribution is -0.118. The van der Waals surface area contributed by atoms with Crippen molar-refractivity contribution in [2.45, 2.75) is 52.9 Å². The molecule has 0 amide bonds. The van der Waals surface area contributed by atoms with Gasteiger partial charge in [0, 0.05) is 12.8 Å². The Morgan fingerprint density at radius 1 is 1.11 bits per heavy atom. The molecule has 0 atom stereocenters. The molecule has 0 saturated heterocycles. The molecule has 0 fully saturated rings. The molecule has 0 aliphatic rings. The smallest absolute Gasteiger partial charge is 0.132 e. The van der Waals surface area contributed by atoms with Crippen LogP contribution in [0.25, 0.3) is 0 Å². The van der Waals surface area contributed by atoms with Crippen LogP contribution < -0.4 is 0 Å². The second-order valence-corrected chi connectivity index (χ2v) is 5.88. The Hall–Kier alpha value is -0.530. The van der Waals surface area contributed by atoms with Crippen LogP contribution in [-0.4, -0.2) is 5.78 Å². The Morgan fingerprint density at radius 2 is 1.61 bits per heavy atom. The minimum Gasteiger partial charge on any atom is -0.300 e. The predicted octanol–water partition coefficient (Wildman–Crippen LogP) is 5.67. The van der Waals surface area contributed by atoms with E-state index in [-0.39, 0.29) is 5.41 Å². The third kappa shape index (κ3) is 5.88. The highest BCUT2D eigenvalue weighted by Crippen LogP contribution is 2.33. The van der Waals surface area contributed by atoms with Crippen molar-refractivity contribution in [1.29, 1.82) is 0 Å². The minimum atomic E-state index is 0.0575. The first-order valence-corrected chi connectivity index (χ1v) is 6.95. The number of hydrogen-bond acceptors (Lipinski definition) is 1. The van der Waals surface area contributed by atoms with Crippen molar-refractivity contribution < 1.29 is 4.79 Å². The fraction of sp³-hybridized carbons (Fsp3) is 0.533. The zero-order valence-electron chi connectivity index (χ0n) is 11.8. The van der Waals surface area contributed by atoms with Crippen LogP contribution in [-0.2, 0) is 10.2 Å². The van der Waals surface area contributed by atoms with Gasteiger partial charge < -0.3 is 0 Å². The molecule has 1 aromatic carbocycles. The third-order valence-electron chi connectivity index (χ3n) is 2.55. The first-order valence-electron chi connectivity index (χ1n) is 6.20. The van der Waals surface area contributed by atoms with Crippen molar-refractivity contribution in [2.75, 3.05) is 0 Å². The van der Waals surface area contributed by atoms with Gasteiger partial charge in [-0.05, 0) is 17.0 Å². The molecule has 0 bridgehead atoms. The number of carbonyl (C=O) groups excluding carboxylic acids is 1. The number of benzene rings is 1. The average Bonchev–Trinajstić information content (AvgIpc) is 2.31. The first-order chi connectivity index (χ1) is 8.23. The van der Waals surface area contributed by atoms with Crippen molar-refractivity contribution >= 4 is 29.0 Å². The van der Waals surface area contributed by atoms with E-state index >= 15 is 0 Å². The molecule has 0 aliphatic heterocycles. The van der Waals surface area contributed by atoms with Crippen LogP contribution in [0.1, 0.15) is 53.0 Å². The molecule has 0 radical (unpaired) electrons. The number of rotatable bonds is 2. The van der Waals surface area contributed by atoms with Crippen LogP contribution in [0.5, 0.6) is 0 Å². The Bertz CT molecular complexity index is 386. The van der Waals surface area contributed by atoms with Crippen LogP contribution in [0.15, 0.2) is 18.2 Å². The van der Waals surface area contributed by atoms with Crippen LogP contribution >= 0.6 is 23.2 Å². The summed E-state index contributed by atoms with van der Waals surface area (Å²) in [5.41, 5.74) is 1.15. The summed E-state index contributed by atoms with van der Waals surface area (Å²) in [6.45, 7) is 10.1. The van der Waals surface area contributed by atoms with E-state index in [1.54, 1.807) is 6.07 Å². The molecule has 18 heavy (non-hydrogen) atoms. The van der Waals surface area contributed by atoms with E-state index in [1.807, 2.05) is 26.0 Å². The zero-order valence-corrected chi connectivity index (χ0v) is 13.3. The first kappa shape index (κ1) is 17.5. The van der Waals surface area contributed by atoms with E-state index in [2.05, 4.69) is 20.8 Å². The van der Waals surface area contributed by atoms with Crippen molar-refractivity contribution in [3.8, 4) is 0 Å². The molecule has 3 heteroatoms. The fourth-order valence-electron chi connectivity index (χ4n) is 1.33. The molecule has 0 aliphatic carbocycles. The van der Waals surface area contributed by atoms with Crippen molar-refractivity contribution in [2.24, 2.45) is 0 Å². The Balaban J connectivity index is 0.000000411. The molecule has 0 saturated carbocycles. The number of hydrogen-bond donors (Lipinski definition) is 0. The van der Waals surface area contributed by atoms with Crippen LogP contribution in [0.3, 0.4) is 0 Å². The second kappa shape index (κ2) is 7.81. The van der Waals surface area contributed by atoms with Gasteiger partial charge in [-0.3, -0.25) is 4.79 Å². The molecule has 0 aromatic heterocycles. The van der Waals surface area contributed by atoms with Crippen molar-refractivity contribution in [3.05, 3.63) is 33.8 Å². The van der Waals surface area contributed by atoms with E-state index in [0.717, 1.165) is 5.56 Å². The van der Waals surface area contributed by atoms with Crippen LogP contribution in [0.4, 0.5) is 0 Å². The average molecular weight is 289 g/mol. The van der Waals surface area contributed by atoms with Gasteiger partial charge in [0.2, 0.25) is 0 Å². The number of carbonyl (C=O) groups is 1. The Morgan fingerprint density at radius 3 is 1.89 bits per heavy atom. The van der Waals surface area contributed by atoms with Gasteiger partial charge in [0.05, 0.1) is 10.0 Å². The van der Waals surface area contributed by atoms with Gasteiger partial charge >= 0.3 is 0 Å². The second-order valence-electron chi connectivity index (χ2n) is 5.10. The predicted molar refractivity (Wildman–Crippen MR) is 80.8 cm³/mol. The Labute approximate surface area is 120 Å². The summed E-state index contributed by atoms with van der Waals surface area (Å²) in [5, 5.41) is 1.30. The monoisotopic (exact) mass is 288 g/mol. The lowest BCUT2D eigenvalue weighted by Gasteiger charge is -2.20. The summed E-state index contributed by atoms with van der Waals surface area (Å²) in [4.78, 5) is 10.2. The summed E-state index contributed by atoms with van der Waals surface area (Å²) < 4.78 is 0. The number of ketones is 1. The van der Waals surface area contributed by atoms with E-state index < -0.39 is 0 Å². The number of halogens is 2. The summed E-state index contributed by atoms with van der Waals surface area (Å²) in [5.74, 6) is 0.343. The largest absolute Gasteiger partial charge is 0.300 e. The van der Waals surface area contributed by atoms with Crippen LogP contribution in [0.2, 0.25) is 10.0 Å². The third-order valence-corrected chi connectivity index (χ3v) is 3.37. The summed E-state index contributed by atoms with van der Waals surface area (Å²) in [7, 11) is 0. The molecular weight excluding hydrogens is 267 g/mol. The minimum absolute atomic E-state index is 0.0575. The van der Waals surface area contributed by atoms with Gasteiger partial charge in [0.25, 0.3) is 0 Å². The highest BCUT2D eigenvalue weighted by Gasteiger charge is 2.17. The number of Topliss-reactive ketones (excluding diaryl/α,β-unsaturated/α-hetero) is 1. The fourth-order valence-corrected chi connectivity index (χ4v) is 1.92. The molecule has 1 rings (SSSR count). The maximum absolute atomic E-state index is 10.2. The molecule has 1 aromatic rings.